The number of rotatable bonds is 6. The molecule has 2 aromatic rings. The summed E-state index contributed by atoms with van der Waals surface area (Å²) in [6, 6.07) is 14.0. The Balaban J connectivity index is 1.62. The number of nitriles is 1. The number of ether oxygens (including phenoxy) is 1. The van der Waals surface area contributed by atoms with Crippen LogP contribution in [0.25, 0.3) is 0 Å². The lowest BCUT2D eigenvalue weighted by molar-refractivity contribution is -0.384. The average molecular weight is 409 g/mol. The number of carbonyl (C=O) groups excluding carboxylic acids is 1. The van der Waals surface area contributed by atoms with Gasteiger partial charge < -0.3 is 15.0 Å². The molecular formula is C21H23N5O4. The number of carbonyl (C=O) groups is 1. The van der Waals surface area contributed by atoms with E-state index in [0.29, 0.717) is 24.4 Å². The summed E-state index contributed by atoms with van der Waals surface area (Å²) in [7, 11) is 1.43. The van der Waals surface area contributed by atoms with Gasteiger partial charge in [-0.1, -0.05) is 12.1 Å². The number of hydrogen-bond acceptors (Lipinski definition) is 7. The Bertz CT molecular complexity index is 972. The van der Waals surface area contributed by atoms with Crippen LogP contribution in [0, 0.1) is 21.4 Å². The molecule has 9 nitrogen and oxygen atoms in total. The molecule has 1 aliphatic rings. The number of nitrogens with one attached hydrogen (secondary N) is 1. The van der Waals surface area contributed by atoms with E-state index < -0.39 is 4.92 Å². The van der Waals surface area contributed by atoms with E-state index in [0.717, 1.165) is 25.2 Å². The molecular weight excluding hydrogens is 386 g/mol. The lowest BCUT2D eigenvalue weighted by Gasteiger charge is -2.24. The van der Waals surface area contributed by atoms with Crippen LogP contribution in [-0.2, 0) is 4.79 Å². The van der Waals surface area contributed by atoms with Gasteiger partial charge >= 0.3 is 0 Å². The molecule has 0 bridgehead atoms. The van der Waals surface area contributed by atoms with Gasteiger partial charge in [0, 0.05) is 26.2 Å². The maximum absolute atomic E-state index is 12.5. The van der Waals surface area contributed by atoms with Crippen molar-refractivity contribution in [2.75, 3.05) is 50.1 Å². The first-order chi connectivity index (χ1) is 14.5. The molecule has 1 saturated heterocycles. The van der Waals surface area contributed by atoms with Crippen LogP contribution in [0.1, 0.15) is 12.0 Å². The highest BCUT2D eigenvalue weighted by molar-refractivity contribution is 5.94. The van der Waals surface area contributed by atoms with Crippen molar-refractivity contribution in [3.05, 3.63) is 58.1 Å². The number of nitro benzene ring substituents is 1. The zero-order chi connectivity index (χ0) is 21.5. The fourth-order valence-electron chi connectivity index (χ4n) is 3.50. The van der Waals surface area contributed by atoms with E-state index in [1.54, 1.807) is 12.1 Å². The predicted octanol–water partition coefficient (Wildman–Crippen LogP) is 2.63. The molecule has 0 spiro atoms. The second-order valence-corrected chi connectivity index (χ2v) is 6.93. The van der Waals surface area contributed by atoms with E-state index in [1.165, 1.54) is 19.2 Å². The number of anilines is 2. The summed E-state index contributed by atoms with van der Waals surface area (Å²) in [5.41, 5.74) is 1.47. The summed E-state index contributed by atoms with van der Waals surface area (Å²) in [6.45, 7) is 2.99. The van der Waals surface area contributed by atoms with Crippen molar-refractivity contribution in [1.29, 1.82) is 5.26 Å². The zero-order valence-corrected chi connectivity index (χ0v) is 16.7. The normalized spacial score (nSPS) is 14.5. The highest BCUT2D eigenvalue weighted by Gasteiger charge is 2.21. The lowest BCUT2D eigenvalue weighted by atomic mass is 10.1. The average Bonchev–Trinajstić information content (AvgIpc) is 2.99. The number of hydrogen-bond donors (Lipinski definition) is 1. The van der Waals surface area contributed by atoms with E-state index in [4.69, 9.17) is 4.74 Å². The molecule has 1 aliphatic heterocycles. The van der Waals surface area contributed by atoms with Gasteiger partial charge in [0.1, 0.15) is 17.5 Å². The number of para-hydroxylation sites is 1. The topological polar surface area (TPSA) is 112 Å². The molecule has 1 amide bonds. The Hall–Kier alpha value is -3.64. The van der Waals surface area contributed by atoms with Crippen LogP contribution in [-0.4, -0.2) is 55.6 Å². The predicted molar refractivity (Wildman–Crippen MR) is 113 cm³/mol. The molecule has 156 valence electrons. The molecule has 0 aromatic heterocycles. The van der Waals surface area contributed by atoms with E-state index in [1.807, 2.05) is 23.1 Å². The van der Waals surface area contributed by atoms with Crippen LogP contribution >= 0.6 is 0 Å². The molecule has 0 saturated carbocycles. The second kappa shape index (κ2) is 9.71. The van der Waals surface area contributed by atoms with Gasteiger partial charge in [0.15, 0.2) is 0 Å². The Morgan fingerprint density at radius 1 is 1.23 bits per heavy atom. The highest BCUT2D eigenvalue weighted by atomic mass is 16.6. The number of methoxy groups -OCH3 is 1. The van der Waals surface area contributed by atoms with Crippen LogP contribution in [0.2, 0.25) is 0 Å². The van der Waals surface area contributed by atoms with E-state index in [9.17, 15) is 20.2 Å². The molecule has 0 radical (unpaired) electrons. The summed E-state index contributed by atoms with van der Waals surface area (Å²) >= 11 is 0. The molecule has 2 aromatic carbocycles. The molecule has 0 unspecified atom stereocenters. The maximum atomic E-state index is 12.5. The maximum Gasteiger partial charge on any atom is 0.296 e. The molecule has 1 N–H and O–H groups in total. The Morgan fingerprint density at radius 2 is 2.03 bits per heavy atom. The number of nitrogens with zero attached hydrogens (tertiary/aromatic N) is 4. The molecule has 0 aliphatic carbocycles. The van der Waals surface area contributed by atoms with Crippen molar-refractivity contribution in [2.24, 2.45) is 0 Å². The minimum Gasteiger partial charge on any atom is -0.496 e. The first kappa shape index (κ1) is 21.1. The summed E-state index contributed by atoms with van der Waals surface area (Å²) in [6.07, 6.45) is 0.843. The van der Waals surface area contributed by atoms with Gasteiger partial charge in [-0.25, -0.2) is 0 Å². The monoisotopic (exact) mass is 409 g/mol. The zero-order valence-electron chi connectivity index (χ0n) is 16.7. The SMILES string of the molecule is COc1ccc(NC(=O)CN2CCCN(c3ccccc3C#N)CC2)c([N+](=O)[O-])c1. The molecule has 30 heavy (non-hydrogen) atoms. The standard InChI is InChI=1S/C21H23N5O4/c1-30-17-7-8-18(20(13-17)26(28)29)23-21(27)15-24-9-4-10-25(12-11-24)19-6-3-2-5-16(19)14-22/h2-3,5-8,13H,4,9-12,15H2,1H3,(H,23,27). The van der Waals surface area contributed by atoms with Gasteiger partial charge in [0.25, 0.3) is 5.69 Å². The van der Waals surface area contributed by atoms with E-state index in [-0.39, 0.29) is 23.8 Å². The Kier molecular flexibility index (Phi) is 6.83. The van der Waals surface area contributed by atoms with Crippen LogP contribution < -0.4 is 15.0 Å². The number of amides is 1. The second-order valence-electron chi connectivity index (χ2n) is 6.93. The molecule has 1 fully saturated rings. The Labute approximate surface area is 174 Å². The summed E-state index contributed by atoms with van der Waals surface area (Å²) in [5.74, 6) is 0.0408. The van der Waals surface area contributed by atoms with Gasteiger partial charge in [-0.15, -0.1) is 0 Å². The lowest BCUT2D eigenvalue weighted by Crippen LogP contribution is -2.36. The first-order valence-corrected chi connectivity index (χ1v) is 9.60. The minimum absolute atomic E-state index is 0.136. The largest absolute Gasteiger partial charge is 0.496 e. The van der Waals surface area contributed by atoms with Gasteiger partial charge in [-0.2, -0.15) is 5.26 Å². The highest BCUT2D eigenvalue weighted by Crippen LogP contribution is 2.29. The molecule has 0 atom stereocenters. The Morgan fingerprint density at radius 3 is 2.77 bits per heavy atom. The fraction of sp³-hybridized carbons (Fsp3) is 0.333. The van der Waals surface area contributed by atoms with Crippen molar-refractivity contribution in [3.63, 3.8) is 0 Å². The van der Waals surface area contributed by atoms with Gasteiger partial charge in [0.2, 0.25) is 5.91 Å². The van der Waals surface area contributed by atoms with Crippen molar-refractivity contribution in [3.8, 4) is 11.8 Å². The summed E-state index contributed by atoms with van der Waals surface area (Å²) in [5, 5.41) is 23.3. The van der Waals surface area contributed by atoms with Gasteiger partial charge in [-0.05, 0) is 30.7 Å². The van der Waals surface area contributed by atoms with Crippen LogP contribution in [0.5, 0.6) is 5.75 Å². The van der Waals surface area contributed by atoms with Gasteiger partial charge in [0.05, 0.1) is 35.9 Å². The third-order valence-electron chi connectivity index (χ3n) is 5.00. The van der Waals surface area contributed by atoms with Crippen molar-refractivity contribution >= 4 is 23.0 Å². The quantitative estimate of drug-likeness (QED) is 0.576. The molecule has 1 heterocycles. The van der Waals surface area contributed by atoms with Crippen LogP contribution in [0.3, 0.4) is 0 Å². The van der Waals surface area contributed by atoms with E-state index in [2.05, 4.69) is 16.3 Å². The number of benzene rings is 2. The van der Waals surface area contributed by atoms with Crippen molar-refractivity contribution in [2.45, 2.75) is 6.42 Å². The summed E-state index contributed by atoms with van der Waals surface area (Å²) in [4.78, 5) is 27.4. The third-order valence-corrected chi connectivity index (χ3v) is 5.00. The third kappa shape index (κ3) is 5.04. The minimum atomic E-state index is -0.547. The van der Waals surface area contributed by atoms with Crippen molar-refractivity contribution in [1.82, 2.24) is 4.90 Å². The smallest absolute Gasteiger partial charge is 0.296 e. The number of nitro groups is 1. The first-order valence-electron chi connectivity index (χ1n) is 9.60. The molecule has 9 heteroatoms. The van der Waals surface area contributed by atoms with E-state index >= 15 is 0 Å². The van der Waals surface area contributed by atoms with Gasteiger partial charge in [-0.3, -0.25) is 19.8 Å². The van der Waals surface area contributed by atoms with Crippen molar-refractivity contribution < 1.29 is 14.5 Å². The summed E-state index contributed by atoms with van der Waals surface area (Å²) < 4.78 is 5.01. The van der Waals surface area contributed by atoms with Crippen LogP contribution in [0.15, 0.2) is 42.5 Å². The molecule has 3 rings (SSSR count). The fourth-order valence-corrected chi connectivity index (χ4v) is 3.50. The van der Waals surface area contributed by atoms with Crippen LogP contribution in [0.4, 0.5) is 17.1 Å².